The second kappa shape index (κ2) is 5.75. The fraction of sp³-hybridized carbons (Fsp3) is 0.429. The normalized spacial score (nSPS) is 22.6. The van der Waals surface area contributed by atoms with Crippen LogP contribution < -0.4 is 5.32 Å². The molecule has 2 N–H and O–H groups in total. The molecule has 0 bridgehead atoms. The Bertz CT molecular complexity index is 615. The Morgan fingerprint density at radius 2 is 2.05 bits per heavy atom. The fourth-order valence-corrected chi connectivity index (χ4v) is 3.72. The molecule has 0 unspecified atom stereocenters. The molecule has 2 aromatic rings. The van der Waals surface area contributed by atoms with Crippen molar-refractivity contribution in [3.8, 4) is 11.4 Å². The monoisotopic (exact) mass is 290 g/mol. The summed E-state index contributed by atoms with van der Waals surface area (Å²) >= 11 is 0. The van der Waals surface area contributed by atoms with Crippen molar-refractivity contribution in [1.82, 2.24) is 15.2 Å². The SMILES string of the molecule is Cc1nc(-c2ccccc2NC2CCS(=O)CC2)n[nH]1. The molecule has 0 saturated carbocycles. The lowest BCUT2D eigenvalue weighted by molar-refractivity contribution is 0.624. The third-order valence-corrected chi connectivity index (χ3v) is 4.89. The molecule has 3 rings (SSSR count). The first-order chi connectivity index (χ1) is 9.72. The fourth-order valence-electron chi connectivity index (χ4n) is 2.43. The highest BCUT2D eigenvalue weighted by Gasteiger charge is 2.19. The minimum Gasteiger partial charge on any atom is -0.382 e. The van der Waals surface area contributed by atoms with Gasteiger partial charge in [-0.05, 0) is 31.9 Å². The van der Waals surface area contributed by atoms with Gasteiger partial charge in [-0.15, -0.1) is 0 Å². The lowest BCUT2D eigenvalue weighted by atomic mass is 10.1. The van der Waals surface area contributed by atoms with Gasteiger partial charge in [-0.1, -0.05) is 12.1 Å². The number of hydrogen-bond donors (Lipinski definition) is 2. The minimum atomic E-state index is -0.627. The first kappa shape index (κ1) is 13.3. The molecule has 5 nitrogen and oxygen atoms in total. The van der Waals surface area contributed by atoms with Gasteiger partial charge in [0, 0.05) is 39.6 Å². The Labute approximate surface area is 120 Å². The predicted octanol–water partition coefficient (Wildman–Crippen LogP) is 2.10. The van der Waals surface area contributed by atoms with Crippen molar-refractivity contribution in [2.24, 2.45) is 0 Å². The Kier molecular flexibility index (Phi) is 3.82. The molecule has 0 atom stereocenters. The van der Waals surface area contributed by atoms with E-state index in [1.165, 1.54) is 0 Å². The van der Waals surface area contributed by atoms with Crippen LogP contribution in [0.15, 0.2) is 24.3 Å². The highest BCUT2D eigenvalue weighted by Crippen LogP contribution is 2.27. The maximum atomic E-state index is 11.4. The van der Waals surface area contributed by atoms with Crippen molar-refractivity contribution in [1.29, 1.82) is 0 Å². The van der Waals surface area contributed by atoms with Crippen LogP contribution in [0.3, 0.4) is 0 Å². The van der Waals surface area contributed by atoms with Crippen LogP contribution in [0.1, 0.15) is 18.7 Å². The molecule has 2 heterocycles. The maximum absolute atomic E-state index is 11.4. The van der Waals surface area contributed by atoms with E-state index in [1.807, 2.05) is 31.2 Å². The number of aromatic amines is 1. The average Bonchev–Trinajstić information content (AvgIpc) is 2.88. The van der Waals surface area contributed by atoms with Gasteiger partial charge in [-0.3, -0.25) is 9.31 Å². The van der Waals surface area contributed by atoms with Gasteiger partial charge in [0.1, 0.15) is 5.82 Å². The lowest BCUT2D eigenvalue weighted by Crippen LogP contribution is -2.29. The zero-order valence-electron chi connectivity index (χ0n) is 11.4. The molecular formula is C14H18N4OS. The van der Waals surface area contributed by atoms with Crippen molar-refractivity contribution in [2.45, 2.75) is 25.8 Å². The van der Waals surface area contributed by atoms with Crippen LogP contribution >= 0.6 is 0 Å². The second-order valence-electron chi connectivity index (χ2n) is 5.06. The number of hydrogen-bond acceptors (Lipinski definition) is 4. The van der Waals surface area contributed by atoms with Crippen LogP contribution in [0.2, 0.25) is 0 Å². The Morgan fingerprint density at radius 1 is 1.30 bits per heavy atom. The summed E-state index contributed by atoms with van der Waals surface area (Å²) in [6.07, 6.45) is 1.90. The van der Waals surface area contributed by atoms with Crippen LogP contribution in [0.4, 0.5) is 5.69 Å². The molecule has 0 spiro atoms. The van der Waals surface area contributed by atoms with Gasteiger partial charge in [0.05, 0.1) is 0 Å². The van der Waals surface area contributed by atoms with Gasteiger partial charge in [-0.2, -0.15) is 5.10 Å². The topological polar surface area (TPSA) is 70.7 Å². The summed E-state index contributed by atoms with van der Waals surface area (Å²) in [6.45, 7) is 1.89. The number of nitrogens with zero attached hydrogens (tertiary/aromatic N) is 2. The van der Waals surface area contributed by atoms with Gasteiger partial charge >= 0.3 is 0 Å². The molecule has 0 amide bonds. The Morgan fingerprint density at radius 3 is 2.75 bits per heavy atom. The zero-order valence-corrected chi connectivity index (χ0v) is 12.2. The Balaban J connectivity index is 1.81. The quantitative estimate of drug-likeness (QED) is 0.908. The number of anilines is 1. The molecule has 1 fully saturated rings. The van der Waals surface area contributed by atoms with E-state index in [0.717, 1.165) is 41.4 Å². The molecule has 1 aromatic carbocycles. The molecule has 0 radical (unpaired) electrons. The summed E-state index contributed by atoms with van der Waals surface area (Å²) in [7, 11) is -0.627. The summed E-state index contributed by atoms with van der Waals surface area (Å²) < 4.78 is 11.4. The number of nitrogens with one attached hydrogen (secondary N) is 2. The van der Waals surface area contributed by atoms with E-state index in [0.29, 0.717) is 11.9 Å². The molecule has 1 aliphatic heterocycles. The highest BCUT2D eigenvalue weighted by atomic mass is 32.2. The van der Waals surface area contributed by atoms with Crippen molar-refractivity contribution in [3.63, 3.8) is 0 Å². The van der Waals surface area contributed by atoms with Crippen LogP contribution in [-0.4, -0.2) is 36.9 Å². The summed E-state index contributed by atoms with van der Waals surface area (Å²) in [5.41, 5.74) is 2.05. The Hall–Kier alpha value is -1.69. The van der Waals surface area contributed by atoms with E-state index in [2.05, 4.69) is 20.5 Å². The van der Waals surface area contributed by atoms with Gasteiger partial charge in [0.2, 0.25) is 0 Å². The smallest absolute Gasteiger partial charge is 0.183 e. The highest BCUT2D eigenvalue weighted by molar-refractivity contribution is 7.85. The lowest BCUT2D eigenvalue weighted by Gasteiger charge is -2.24. The first-order valence-corrected chi connectivity index (χ1v) is 8.31. The van der Waals surface area contributed by atoms with E-state index in [1.54, 1.807) is 0 Å². The number of rotatable bonds is 3. The average molecular weight is 290 g/mol. The van der Waals surface area contributed by atoms with Crippen LogP contribution in [0.5, 0.6) is 0 Å². The van der Waals surface area contributed by atoms with Gasteiger partial charge < -0.3 is 5.32 Å². The number of benzene rings is 1. The van der Waals surface area contributed by atoms with E-state index >= 15 is 0 Å². The molecule has 106 valence electrons. The van der Waals surface area contributed by atoms with Crippen molar-refractivity contribution >= 4 is 16.5 Å². The molecule has 1 saturated heterocycles. The van der Waals surface area contributed by atoms with Crippen LogP contribution in [0, 0.1) is 6.92 Å². The van der Waals surface area contributed by atoms with E-state index in [9.17, 15) is 4.21 Å². The summed E-state index contributed by atoms with van der Waals surface area (Å²) in [6, 6.07) is 8.45. The third-order valence-electron chi connectivity index (χ3n) is 3.51. The van der Waals surface area contributed by atoms with Crippen molar-refractivity contribution in [3.05, 3.63) is 30.1 Å². The largest absolute Gasteiger partial charge is 0.382 e. The number of aryl methyl sites for hydroxylation is 1. The van der Waals surface area contributed by atoms with Gasteiger partial charge in [0.15, 0.2) is 5.82 Å². The predicted molar refractivity (Wildman–Crippen MR) is 81.1 cm³/mol. The summed E-state index contributed by atoms with van der Waals surface area (Å²) in [5, 5.41) is 10.7. The summed E-state index contributed by atoms with van der Waals surface area (Å²) in [5.74, 6) is 3.10. The molecule has 1 aromatic heterocycles. The van der Waals surface area contributed by atoms with Crippen molar-refractivity contribution < 1.29 is 4.21 Å². The molecule has 6 heteroatoms. The molecule has 1 aliphatic rings. The summed E-state index contributed by atoms with van der Waals surface area (Å²) in [4.78, 5) is 4.39. The molecule has 20 heavy (non-hydrogen) atoms. The van der Waals surface area contributed by atoms with Crippen LogP contribution in [-0.2, 0) is 10.8 Å². The van der Waals surface area contributed by atoms with E-state index in [4.69, 9.17) is 0 Å². The van der Waals surface area contributed by atoms with Crippen molar-refractivity contribution in [2.75, 3.05) is 16.8 Å². The van der Waals surface area contributed by atoms with E-state index in [-0.39, 0.29) is 0 Å². The maximum Gasteiger partial charge on any atom is 0.183 e. The standard InChI is InChI=1S/C14H18N4OS/c1-10-15-14(18-17-10)12-4-2-3-5-13(12)16-11-6-8-20(19)9-7-11/h2-5,11,16H,6-9H2,1H3,(H,15,17,18). The minimum absolute atomic E-state index is 0.383. The number of para-hydroxylation sites is 1. The third kappa shape index (κ3) is 2.90. The molecule has 0 aliphatic carbocycles. The van der Waals surface area contributed by atoms with Gasteiger partial charge in [-0.25, -0.2) is 4.98 Å². The number of H-pyrrole nitrogens is 1. The molecular weight excluding hydrogens is 272 g/mol. The van der Waals surface area contributed by atoms with Crippen LogP contribution in [0.25, 0.3) is 11.4 Å². The second-order valence-corrected chi connectivity index (χ2v) is 6.75. The number of aromatic nitrogens is 3. The van der Waals surface area contributed by atoms with Gasteiger partial charge in [0.25, 0.3) is 0 Å². The van der Waals surface area contributed by atoms with E-state index < -0.39 is 10.8 Å². The zero-order chi connectivity index (χ0) is 13.9. The first-order valence-electron chi connectivity index (χ1n) is 6.82.